The SMILES string of the molecule is Cn1cc(C(F)(F)F)nc1C=O. The number of hydrogen-bond donors (Lipinski definition) is 0. The maximum atomic E-state index is 11.9. The summed E-state index contributed by atoms with van der Waals surface area (Å²) < 4.78 is 36.8. The van der Waals surface area contributed by atoms with Gasteiger partial charge in [0.05, 0.1) is 0 Å². The van der Waals surface area contributed by atoms with E-state index in [0.717, 1.165) is 10.8 Å². The molecule has 0 N–H and O–H groups in total. The molecule has 0 bridgehead atoms. The van der Waals surface area contributed by atoms with Crippen LogP contribution in [0.1, 0.15) is 16.3 Å². The number of hydrogen-bond acceptors (Lipinski definition) is 2. The molecule has 1 heterocycles. The van der Waals surface area contributed by atoms with Crippen LogP contribution in [0.3, 0.4) is 0 Å². The van der Waals surface area contributed by atoms with Crippen LogP contribution in [-0.2, 0) is 13.2 Å². The van der Waals surface area contributed by atoms with E-state index in [-0.39, 0.29) is 12.1 Å². The summed E-state index contributed by atoms with van der Waals surface area (Å²) in [6, 6.07) is 0. The Morgan fingerprint density at radius 3 is 2.42 bits per heavy atom. The second-order valence-corrected chi connectivity index (χ2v) is 2.21. The zero-order chi connectivity index (χ0) is 9.35. The molecule has 1 rings (SSSR count). The zero-order valence-corrected chi connectivity index (χ0v) is 6.09. The molecule has 12 heavy (non-hydrogen) atoms. The van der Waals surface area contributed by atoms with E-state index >= 15 is 0 Å². The van der Waals surface area contributed by atoms with Crippen molar-refractivity contribution in [3.8, 4) is 0 Å². The van der Waals surface area contributed by atoms with Gasteiger partial charge in [-0.15, -0.1) is 0 Å². The second kappa shape index (κ2) is 2.62. The Morgan fingerprint density at radius 1 is 1.58 bits per heavy atom. The monoisotopic (exact) mass is 178 g/mol. The predicted octanol–water partition coefficient (Wildman–Crippen LogP) is 1.25. The highest BCUT2D eigenvalue weighted by atomic mass is 19.4. The fraction of sp³-hybridized carbons (Fsp3) is 0.333. The molecule has 0 unspecified atom stereocenters. The molecule has 66 valence electrons. The Hall–Kier alpha value is -1.33. The van der Waals surface area contributed by atoms with Crippen molar-refractivity contribution in [3.63, 3.8) is 0 Å². The third-order valence-electron chi connectivity index (χ3n) is 1.31. The highest BCUT2D eigenvalue weighted by molar-refractivity contribution is 5.69. The number of aryl methyl sites for hydroxylation is 1. The standard InChI is InChI=1S/C6H5F3N2O/c1-11-2-4(6(7,8)9)10-5(11)3-12/h2-3H,1H3. The van der Waals surface area contributed by atoms with Gasteiger partial charge in [-0.05, 0) is 0 Å². The van der Waals surface area contributed by atoms with Gasteiger partial charge in [-0.2, -0.15) is 13.2 Å². The van der Waals surface area contributed by atoms with E-state index in [0.29, 0.717) is 0 Å². The minimum absolute atomic E-state index is 0.234. The number of nitrogens with zero attached hydrogens (tertiary/aromatic N) is 2. The van der Waals surface area contributed by atoms with Gasteiger partial charge in [0, 0.05) is 13.2 Å². The van der Waals surface area contributed by atoms with Gasteiger partial charge in [0.25, 0.3) is 0 Å². The number of carbonyl (C=O) groups excluding carboxylic acids is 1. The molecule has 0 atom stereocenters. The first-order chi connectivity index (χ1) is 5.45. The van der Waals surface area contributed by atoms with Crippen LogP contribution >= 0.6 is 0 Å². The van der Waals surface area contributed by atoms with Gasteiger partial charge >= 0.3 is 6.18 Å². The topological polar surface area (TPSA) is 34.9 Å². The van der Waals surface area contributed by atoms with Crippen molar-refractivity contribution in [1.29, 1.82) is 0 Å². The molecular weight excluding hydrogens is 173 g/mol. The molecule has 0 radical (unpaired) electrons. The number of rotatable bonds is 1. The number of imidazole rings is 1. The molecule has 0 saturated heterocycles. The van der Waals surface area contributed by atoms with E-state index in [1.165, 1.54) is 7.05 Å². The van der Waals surface area contributed by atoms with E-state index in [1.54, 1.807) is 0 Å². The van der Waals surface area contributed by atoms with Gasteiger partial charge in [0.1, 0.15) is 0 Å². The minimum Gasteiger partial charge on any atom is -0.331 e. The first-order valence-electron chi connectivity index (χ1n) is 3.01. The quantitative estimate of drug-likeness (QED) is 0.606. The number of carbonyl (C=O) groups is 1. The molecule has 6 heteroatoms. The van der Waals surface area contributed by atoms with Crippen LogP contribution in [0.4, 0.5) is 13.2 Å². The normalized spacial score (nSPS) is 11.7. The Kier molecular flexibility index (Phi) is 1.91. The largest absolute Gasteiger partial charge is 0.434 e. The van der Waals surface area contributed by atoms with E-state index in [9.17, 15) is 18.0 Å². The van der Waals surface area contributed by atoms with Crippen LogP contribution in [-0.4, -0.2) is 15.8 Å². The molecule has 1 aromatic rings. The van der Waals surface area contributed by atoms with Gasteiger partial charge in [0.2, 0.25) is 0 Å². The van der Waals surface area contributed by atoms with E-state index < -0.39 is 11.9 Å². The molecule has 0 fully saturated rings. The lowest BCUT2D eigenvalue weighted by atomic mass is 10.5. The number of aldehydes is 1. The Bertz CT molecular complexity index is 302. The lowest BCUT2D eigenvalue weighted by Crippen LogP contribution is -2.05. The van der Waals surface area contributed by atoms with Crippen LogP contribution in [0.5, 0.6) is 0 Å². The molecule has 0 saturated carbocycles. The average Bonchev–Trinajstić information content (AvgIpc) is 2.29. The molecule has 0 amide bonds. The number of aromatic nitrogens is 2. The van der Waals surface area contributed by atoms with Crippen LogP contribution in [0, 0.1) is 0 Å². The molecule has 1 aromatic heterocycles. The van der Waals surface area contributed by atoms with Crippen molar-refractivity contribution in [1.82, 2.24) is 9.55 Å². The average molecular weight is 178 g/mol. The third-order valence-corrected chi connectivity index (χ3v) is 1.31. The Balaban J connectivity index is 3.13. The second-order valence-electron chi connectivity index (χ2n) is 2.21. The zero-order valence-electron chi connectivity index (χ0n) is 6.09. The Morgan fingerprint density at radius 2 is 2.17 bits per heavy atom. The summed E-state index contributed by atoms with van der Waals surface area (Å²) in [5, 5.41) is 0. The molecule has 0 aliphatic rings. The van der Waals surface area contributed by atoms with Crippen molar-refractivity contribution in [2.45, 2.75) is 6.18 Å². The molecular formula is C6H5F3N2O. The lowest BCUT2D eigenvalue weighted by molar-refractivity contribution is -0.140. The fourth-order valence-electron chi connectivity index (χ4n) is 0.727. The van der Waals surface area contributed by atoms with Gasteiger partial charge in [-0.3, -0.25) is 4.79 Å². The van der Waals surface area contributed by atoms with Crippen molar-refractivity contribution in [3.05, 3.63) is 17.7 Å². The summed E-state index contributed by atoms with van der Waals surface area (Å²) in [6.07, 6.45) is -3.45. The predicted molar refractivity (Wildman–Crippen MR) is 33.6 cm³/mol. The summed E-state index contributed by atoms with van der Waals surface area (Å²) in [7, 11) is 1.33. The summed E-state index contributed by atoms with van der Waals surface area (Å²) in [6.45, 7) is 0. The number of alkyl halides is 3. The van der Waals surface area contributed by atoms with Crippen LogP contribution in [0.2, 0.25) is 0 Å². The summed E-state index contributed by atoms with van der Waals surface area (Å²) in [5.41, 5.74) is -1.05. The van der Waals surface area contributed by atoms with Gasteiger partial charge in [-0.1, -0.05) is 0 Å². The van der Waals surface area contributed by atoms with Gasteiger partial charge < -0.3 is 4.57 Å². The van der Waals surface area contributed by atoms with Crippen molar-refractivity contribution in [2.24, 2.45) is 7.05 Å². The molecule has 0 spiro atoms. The van der Waals surface area contributed by atoms with Gasteiger partial charge in [0.15, 0.2) is 17.8 Å². The summed E-state index contributed by atoms with van der Waals surface area (Å²) >= 11 is 0. The first kappa shape index (κ1) is 8.76. The Labute approximate surface area is 65.8 Å². The highest BCUT2D eigenvalue weighted by Crippen LogP contribution is 2.27. The number of halogens is 3. The van der Waals surface area contributed by atoms with E-state index in [4.69, 9.17) is 0 Å². The van der Waals surface area contributed by atoms with Crippen LogP contribution in [0.15, 0.2) is 6.20 Å². The van der Waals surface area contributed by atoms with E-state index in [1.807, 2.05) is 0 Å². The van der Waals surface area contributed by atoms with Crippen molar-refractivity contribution >= 4 is 6.29 Å². The third kappa shape index (κ3) is 1.46. The van der Waals surface area contributed by atoms with Crippen molar-refractivity contribution in [2.75, 3.05) is 0 Å². The van der Waals surface area contributed by atoms with E-state index in [2.05, 4.69) is 4.98 Å². The first-order valence-corrected chi connectivity index (χ1v) is 3.01. The molecule has 0 aliphatic carbocycles. The molecule has 0 aliphatic heterocycles. The van der Waals surface area contributed by atoms with Gasteiger partial charge in [-0.25, -0.2) is 4.98 Å². The van der Waals surface area contributed by atoms with Crippen LogP contribution in [0.25, 0.3) is 0 Å². The van der Waals surface area contributed by atoms with Crippen molar-refractivity contribution < 1.29 is 18.0 Å². The maximum Gasteiger partial charge on any atom is 0.434 e. The molecule has 3 nitrogen and oxygen atoms in total. The van der Waals surface area contributed by atoms with Crippen LogP contribution < -0.4 is 0 Å². The smallest absolute Gasteiger partial charge is 0.331 e. The minimum atomic E-state index is -4.49. The fourth-order valence-corrected chi connectivity index (χ4v) is 0.727. The summed E-state index contributed by atoms with van der Waals surface area (Å²) in [5.74, 6) is -0.234. The summed E-state index contributed by atoms with van der Waals surface area (Å²) in [4.78, 5) is 13.2. The lowest BCUT2D eigenvalue weighted by Gasteiger charge is -1.98. The molecule has 0 aromatic carbocycles. The maximum absolute atomic E-state index is 11.9. The highest BCUT2D eigenvalue weighted by Gasteiger charge is 2.34.